The van der Waals surface area contributed by atoms with Crippen LogP contribution in [0.1, 0.15) is 21.5 Å². The number of carbonyl (C=O) groups excluding carboxylic acids is 1. The van der Waals surface area contributed by atoms with Gasteiger partial charge in [-0.05, 0) is 17.2 Å². The first-order valence-corrected chi connectivity index (χ1v) is 8.33. The summed E-state index contributed by atoms with van der Waals surface area (Å²) in [5, 5.41) is 1.38. The average Bonchev–Trinajstić information content (AvgIpc) is 2.35. The lowest BCUT2D eigenvalue weighted by Crippen LogP contribution is -2.38. The van der Waals surface area contributed by atoms with E-state index in [1.807, 2.05) is 18.2 Å². The lowest BCUT2D eigenvalue weighted by Gasteiger charge is -2.23. The second kappa shape index (κ2) is 7.41. The molecule has 0 bridgehead atoms. The molecule has 0 fully saturated rings. The van der Waals surface area contributed by atoms with Gasteiger partial charge in [0.2, 0.25) is 0 Å². The van der Waals surface area contributed by atoms with E-state index in [0.717, 1.165) is 27.5 Å². The van der Waals surface area contributed by atoms with Crippen LogP contribution in [0.2, 0.25) is 0 Å². The van der Waals surface area contributed by atoms with Crippen molar-refractivity contribution in [1.82, 2.24) is 0 Å². The first-order chi connectivity index (χ1) is 8.89. The van der Waals surface area contributed by atoms with Crippen LogP contribution in [-0.4, -0.2) is 44.7 Å². The number of quaternary nitrogens is 1. The molecule has 0 unspecified atom stereocenters. The van der Waals surface area contributed by atoms with Crippen molar-refractivity contribution in [2.45, 2.75) is 10.7 Å². The topological polar surface area (TPSA) is 26.3 Å². The fourth-order valence-electron chi connectivity index (χ4n) is 1.60. The lowest BCUT2D eigenvalue weighted by atomic mass is 10.0. The van der Waals surface area contributed by atoms with Crippen molar-refractivity contribution >= 4 is 37.8 Å². The van der Waals surface area contributed by atoms with E-state index in [9.17, 15) is 4.79 Å². The molecule has 0 saturated heterocycles. The van der Waals surface area contributed by atoms with Crippen molar-refractivity contribution in [2.75, 3.05) is 34.3 Å². The molecule has 0 aliphatic rings. The fraction of sp³-hybridized carbons (Fsp3) is 0.500. The number of rotatable bonds is 6. The molecular weight excluding hydrogens is 374 g/mol. The van der Waals surface area contributed by atoms with Crippen LogP contribution in [0.4, 0.5) is 0 Å². The number of alkyl halides is 2. The highest BCUT2D eigenvalue weighted by molar-refractivity contribution is 9.09. The molecule has 0 aliphatic carbocycles. The van der Waals surface area contributed by atoms with Crippen molar-refractivity contribution < 1.29 is 14.0 Å². The van der Waals surface area contributed by atoms with Crippen LogP contribution in [0.25, 0.3) is 0 Å². The monoisotopic (exact) mass is 392 g/mol. The number of ether oxygens (including phenoxy) is 1. The van der Waals surface area contributed by atoms with Gasteiger partial charge in [0, 0.05) is 10.7 Å². The van der Waals surface area contributed by atoms with E-state index in [0.29, 0.717) is 17.5 Å². The minimum Gasteiger partial charge on any atom is -0.456 e. The quantitative estimate of drug-likeness (QED) is 0.421. The first kappa shape index (κ1) is 16.7. The molecule has 1 rings (SSSR count). The van der Waals surface area contributed by atoms with Crippen molar-refractivity contribution in [2.24, 2.45) is 0 Å². The van der Waals surface area contributed by atoms with Gasteiger partial charge in [-0.1, -0.05) is 44.0 Å². The number of esters is 1. The summed E-state index contributed by atoms with van der Waals surface area (Å²) in [6.07, 6.45) is 0. The highest BCUT2D eigenvalue weighted by Gasteiger charge is 2.16. The number of hydrogen-bond donors (Lipinski definition) is 0. The average molecular weight is 394 g/mol. The maximum absolute atomic E-state index is 12.1. The number of halogens is 2. The van der Waals surface area contributed by atoms with Gasteiger partial charge in [0.25, 0.3) is 0 Å². The standard InChI is InChI=1S/C14H20Br2NO2/c1-17(2,3)7-8-19-14(18)12-6-4-5-11(9-15)13(12)10-16/h4-6H,7-10H2,1-3H3/q+1. The van der Waals surface area contributed by atoms with E-state index in [1.54, 1.807) is 0 Å². The second-order valence-corrected chi connectivity index (χ2v) is 6.48. The Hall–Kier alpha value is -0.390. The van der Waals surface area contributed by atoms with Crippen LogP contribution in [0, 0.1) is 0 Å². The molecule has 106 valence electrons. The largest absolute Gasteiger partial charge is 0.456 e. The number of carbonyl (C=O) groups is 1. The maximum Gasteiger partial charge on any atom is 0.338 e. The zero-order chi connectivity index (χ0) is 14.5. The third-order valence-corrected chi connectivity index (χ3v) is 3.93. The summed E-state index contributed by atoms with van der Waals surface area (Å²) in [4.78, 5) is 12.1. The van der Waals surface area contributed by atoms with Crippen molar-refractivity contribution in [1.29, 1.82) is 0 Å². The molecule has 0 spiro atoms. The molecule has 3 nitrogen and oxygen atoms in total. The SMILES string of the molecule is C[N+](C)(C)CCOC(=O)c1cccc(CBr)c1CBr. The Morgan fingerprint density at radius 3 is 2.42 bits per heavy atom. The Morgan fingerprint density at radius 2 is 1.89 bits per heavy atom. The molecule has 19 heavy (non-hydrogen) atoms. The zero-order valence-electron chi connectivity index (χ0n) is 11.6. The van der Waals surface area contributed by atoms with Gasteiger partial charge in [0.15, 0.2) is 0 Å². The predicted octanol–water partition coefficient (Wildman–Crippen LogP) is 3.34. The maximum atomic E-state index is 12.1. The highest BCUT2D eigenvalue weighted by Crippen LogP contribution is 2.21. The third-order valence-electron chi connectivity index (χ3n) is 2.77. The van der Waals surface area contributed by atoms with E-state index >= 15 is 0 Å². The van der Waals surface area contributed by atoms with Gasteiger partial charge in [-0.25, -0.2) is 4.79 Å². The van der Waals surface area contributed by atoms with E-state index < -0.39 is 0 Å². The summed E-state index contributed by atoms with van der Waals surface area (Å²) >= 11 is 6.87. The Labute approximate surface area is 131 Å². The molecule has 5 heteroatoms. The van der Waals surface area contributed by atoms with Gasteiger partial charge >= 0.3 is 5.97 Å². The third kappa shape index (κ3) is 5.24. The molecule has 0 saturated carbocycles. The minimum atomic E-state index is -0.245. The molecule has 0 aliphatic heterocycles. The Balaban J connectivity index is 2.77. The van der Waals surface area contributed by atoms with E-state index in [2.05, 4.69) is 53.0 Å². The molecule has 0 aromatic heterocycles. The van der Waals surface area contributed by atoms with Crippen molar-refractivity contribution in [3.05, 3.63) is 34.9 Å². The Morgan fingerprint density at radius 1 is 1.21 bits per heavy atom. The summed E-state index contributed by atoms with van der Waals surface area (Å²) in [6.45, 7) is 1.23. The first-order valence-electron chi connectivity index (χ1n) is 6.09. The Kier molecular flexibility index (Phi) is 6.50. The minimum absolute atomic E-state index is 0.245. The number of nitrogens with zero attached hydrogens (tertiary/aromatic N) is 1. The van der Waals surface area contributed by atoms with Gasteiger partial charge in [-0.15, -0.1) is 0 Å². The van der Waals surface area contributed by atoms with E-state index in [-0.39, 0.29) is 5.97 Å². The van der Waals surface area contributed by atoms with Crippen LogP contribution in [0.3, 0.4) is 0 Å². The second-order valence-electron chi connectivity index (χ2n) is 5.36. The van der Waals surface area contributed by atoms with Gasteiger partial charge in [-0.3, -0.25) is 0 Å². The summed E-state index contributed by atoms with van der Waals surface area (Å²) in [5.74, 6) is -0.245. The molecular formula is C14H20Br2NO2+. The summed E-state index contributed by atoms with van der Waals surface area (Å²) in [7, 11) is 6.22. The van der Waals surface area contributed by atoms with Crippen LogP contribution in [0.5, 0.6) is 0 Å². The molecule has 1 aromatic carbocycles. The van der Waals surface area contributed by atoms with Crippen LogP contribution in [0.15, 0.2) is 18.2 Å². The summed E-state index contributed by atoms with van der Waals surface area (Å²) in [6, 6.07) is 5.71. The molecule has 0 heterocycles. The number of hydrogen-bond acceptors (Lipinski definition) is 2. The zero-order valence-corrected chi connectivity index (χ0v) is 14.8. The predicted molar refractivity (Wildman–Crippen MR) is 84.9 cm³/mol. The summed E-state index contributed by atoms with van der Waals surface area (Å²) in [5.41, 5.74) is 2.75. The molecule has 0 radical (unpaired) electrons. The highest BCUT2D eigenvalue weighted by atomic mass is 79.9. The van der Waals surface area contributed by atoms with Crippen LogP contribution in [-0.2, 0) is 15.4 Å². The molecule has 0 atom stereocenters. The molecule has 0 N–H and O–H groups in total. The fourth-order valence-corrected chi connectivity index (χ4v) is 2.79. The lowest BCUT2D eigenvalue weighted by molar-refractivity contribution is -0.870. The number of benzene rings is 1. The smallest absolute Gasteiger partial charge is 0.338 e. The number of likely N-dealkylation sites (N-methyl/N-ethyl adjacent to an activating group) is 1. The van der Waals surface area contributed by atoms with Gasteiger partial charge in [0.1, 0.15) is 13.2 Å². The molecule has 1 aromatic rings. The Bertz CT molecular complexity index is 442. The van der Waals surface area contributed by atoms with Gasteiger partial charge in [-0.2, -0.15) is 0 Å². The van der Waals surface area contributed by atoms with Gasteiger partial charge < -0.3 is 9.22 Å². The normalized spacial score (nSPS) is 11.4. The van der Waals surface area contributed by atoms with E-state index in [1.165, 1.54) is 0 Å². The van der Waals surface area contributed by atoms with Crippen LogP contribution < -0.4 is 0 Å². The summed E-state index contributed by atoms with van der Waals surface area (Å²) < 4.78 is 6.13. The van der Waals surface area contributed by atoms with Crippen molar-refractivity contribution in [3.8, 4) is 0 Å². The van der Waals surface area contributed by atoms with Crippen molar-refractivity contribution in [3.63, 3.8) is 0 Å². The van der Waals surface area contributed by atoms with Gasteiger partial charge in [0.05, 0.1) is 26.7 Å². The van der Waals surface area contributed by atoms with Crippen LogP contribution >= 0.6 is 31.9 Å². The van der Waals surface area contributed by atoms with E-state index in [4.69, 9.17) is 4.74 Å². The molecule has 0 amide bonds.